The first kappa shape index (κ1) is 14.8. The van der Waals surface area contributed by atoms with Crippen molar-refractivity contribution in [3.8, 4) is 5.75 Å². The molecule has 0 amide bonds. The van der Waals surface area contributed by atoms with Crippen LogP contribution in [0.4, 0.5) is 0 Å². The summed E-state index contributed by atoms with van der Waals surface area (Å²) >= 11 is 0. The van der Waals surface area contributed by atoms with Gasteiger partial charge >= 0.3 is 0 Å². The Balaban J connectivity index is 2.79. The van der Waals surface area contributed by atoms with Crippen LogP contribution >= 0.6 is 0 Å². The maximum Gasteiger partial charge on any atom is 0.235 e. The maximum absolute atomic E-state index is 12.0. The zero-order valence-corrected chi connectivity index (χ0v) is 12.4. The van der Waals surface area contributed by atoms with Crippen molar-refractivity contribution >= 4 is 15.9 Å². The summed E-state index contributed by atoms with van der Waals surface area (Å²) in [5.74, 6) is 0.453. The van der Waals surface area contributed by atoms with E-state index in [0.29, 0.717) is 24.2 Å². The van der Waals surface area contributed by atoms with Crippen molar-refractivity contribution in [3.05, 3.63) is 23.8 Å². The van der Waals surface area contributed by atoms with E-state index in [1.54, 1.807) is 18.2 Å². The first-order chi connectivity index (χ1) is 9.44. The monoisotopic (exact) mass is 295 g/mol. The van der Waals surface area contributed by atoms with Crippen molar-refractivity contribution in [2.24, 2.45) is 4.99 Å². The Morgan fingerprint density at radius 1 is 1.30 bits per heavy atom. The van der Waals surface area contributed by atoms with Crippen LogP contribution in [0.15, 0.2) is 28.1 Å². The molecule has 0 unspecified atom stereocenters. The quantitative estimate of drug-likeness (QED) is 0.630. The molecule has 108 valence electrons. The molecule has 0 radical (unpaired) electrons. The molecule has 0 aromatic heterocycles. The topological polar surface area (TPSA) is 72.8 Å². The lowest BCUT2D eigenvalue weighted by Gasteiger charge is -2.27. The summed E-state index contributed by atoms with van der Waals surface area (Å²) in [6.45, 7) is 0. The number of nitrogens with zero attached hydrogens (tertiary/aromatic N) is 1. The molecule has 1 aliphatic carbocycles. The minimum absolute atomic E-state index is 0.178. The van der Waals surface area contributed by atoms with Gasteiger partial charge in [0, 0.05) is 11.8 Å². The lowest BCUT2D eigenvalue weighted by Crippen LogP contribution is -2.23. The van der Waals surface area contributed by atoms with E-state index in [-0.39, 0.29) is 4.90 Å². The van der Waals surface area contributed by atoms with Crippen molar-refractivity contribution < 1.29 is 17.9 Å². The Labute approximate surface area is 118 Å². The van der Waals surface area contributed by atoms with E-state index < -0.39 is 15.4 Å². The highest BCUT2D eigenvalue weighted by Gasteiger charge is 2.41. The van der Waals surface area contributed by atoms with Crippen LogP contribution in [-0.4, -0.2) is 27.9 Å². The van der Waals surface area contributed by atoms with Gasteiger partial charge in [0.25, 0.3) is 0 Å². The summed E-state index contributed by atoms with van der Waals surface area (Å²) in [4.78, 5) is 15.0. The summed E-state index contributed by atoms with van der Waals surface area (Å²) in [5, 5.41) is 0. The third kappa shape index (κ3) is 2.49. The van der Waals surface area contributed by atoms with Gasteiger partial charge in [0.05, 0.1) is 12.0 Å². The van der Waals surface area contributed by atoms with Gasteiger partial charge in [-0.15, -0.1) is 0 Å². The zero-order valence-electron chi connectivity index (χ0n) is 11.5. The molecular formula is C14H17NO4S. The second-order valence-electron chi connectivity index (χ2n) is 5.05. The van der Waals surface area contributed by atoms with Gasteiger partial charge in [-0.05, 0) is 25.0 Å². The second kappa shape index (κ2) is 5.38. The predicted molar refractivity (Wildman–Crippen MR) is 74.4 cm³/mol. The van der Waals surface area contributed by atoms with E-state index in [9.17, 15) is 13.2 Å². The van der Waals surface area contributed by atoms with E-state index in [4.69, 9.17) is 4.74 Å². The molecule has 0 aliphatic heterocycles. The summed E-state index contributed by atoms with van der Waals surface area (Å²) in [6.07, 6.45) is 5.81. The van der Waals surface area contributed by atoms with Gasteiger partial charge in [-0.25, -0.2) is 13.2 Å². The number of methoxy groups -OCH3 is 1. The van der Waals surface area contributed by atoms with E-state index in [2.05, 4.69) is 4.99 Å². The average molecular weight is 295 g/mol. The molecule has 0 spiro atoms. The number of isocyanates is 1. The first-order valence-corrected chi connectivity index (χ1v) is 8.30. The molecule has 0 N–H and O–H groups in total. The van der Waals surface area contributed by atoms with Crippen LogP contribution in [0.1, 0.15) is 31.2 Å². The van der Waals surface area contributed by atoms with Crippen LogP contribution in [-0.2, 0) is 20.2 Å². The number of hydrogen-bond donors (Lipinski definition) is 0. The van der Waals surface area contributed by atoms with Gasteiger partial charge in [-0.2, -0.15) is 4.99 Å². The minimum atomic E-state index is -3.43. The third-order valence-electron chi connectivity index (χ3n) is 3.76. The molecule has 1 aliphatic rings. The largest absolute Gasteiger partial charge is 0.496 e. The van der Waals surface area contributed by atoms with Crippen molar-refractivity contribution in [2.45, 2.75) is 36.1 Å². The molecule has 1 aromatic rings. The number of sulfone groups is 1. The second-order valence-corrected chi connectivity index (χ2v) is 7.03. The number of rotatable bonds is 4. The molecule has 1 aromatic carbocycles. The van der Waals surface area contributed by atoms with Crippen LogP contribution in [0.2, 0.25) is 0 Å². The SMILES string of the molecule is COc1cccc(S(C)(=O)=O)c1C1(N=C=O)CCCC1. The van der Waals surface area contributed by atoms with Crippen molar-refractivity contribution in [1.29, 1.82) is 0 Å². The molecular weight excluding hydrogens is 278 g/mol. The highest BCUT2D eigenvalue weighted by molar-refractivity contribution is 7.90. The molecule has 0 heterocycles. The van der Waals surface area contributed by atoms with Crippen LogP contribution in [0.3, 0.4) is 0 Å². The summed E-state index contributed by atoms with van der Waals surface area (Å²) in [5.41, 5.74) is -0.335. The molecule has 0 bridgehead atoms. The van der Waals surface area contributed by atoms with Gasteiger partial charge in [-0.1, -0.05) is 18.9 Å². The lowest BCUT2D eigenvalue weighted by molar-refractivity contribution is 0.373. The molecule has 1 saturated carbocycles. The Kier molecular flexibility index (Phi) is 3.97. The number of carbonyl (C=O) groups excluding carboxylic acids is 1. The Morgan fingerprint density at radius 2 is 1.95 bits per heavy atom. The maximum atomic E-state index is 12.0. The van der Waals surface area contributed by atoms with Gasteiger partial charge in [-0.3, -0.25) is 0 Å². The standard InChI is InChI=1S/C14H17NO4S/c1-19-11-6-5-7-12(20(2,17)18)13(11)14(15-10-16)8-3-4-9-14/h5-7H,3-4,8-9H2,1-2H3. The molecule has 1 fully saturated rings. The first-order valence-electron chi connectivity index (χ1n) is 6.41. The molecule has 0 saturated heterocycles. The van der Waals surface area contributed by atoms with Crippen molar-refractivity contribution in [1.82, 2.24) is 0 Å². The van der Waals surface area contributed by atoms with Crippen LogP contribution in [0, 0.1) is 0 Å². The van der Waals surface area contributed by atoms with Crippen LogP contribution < -0.4 is 4.74 Å². The van der Waals surface area contributed by atoms with Gasteiger partial charge in [0.15, 0.2) is 9.84 Å². The summed E-state index contributed by atoms with van der Waals surface area (Å²) < 4.78 is 29.4. The molecule has 2 rings (SSSR count). The fourth-order valence-corrected chi connectivity index (χ4v) is 3.90. The van der Waals surface area contributed by atoms with E-state index in [1.807, 2.05) is 0 Å². The summed E-state index contributed by atoms with van der Waals surface area (Å²) in [6, 6.07) is 4.87. The highest BCUT2D eigenvalue weighted by atomic mass is 32.2. The number of ether oxygens (including phenoxy) is 1. The Bertz CT molecular complexity index is 654. The zero-order chi connectivity index (χ0) is 14.8. The minimum Gasteiger partial charge on any atom is -0.496 e. The average Bonchev–Trinajstić information content (AvgIpc) is 2.87. The number of aliphatic imine (C=N–C) groups is 1. The number of hydrogen-bond acceptors (Lipinski definition) is 5. The molecule has 20 heavy (non-hydrogen) atoms. The smallest absolute Gasteiger partial charge is 0.235 e. The Morgan fingerprint density at radius 3 is 2.45 bits per heavy atom. The molecule has 6 heteroatoms. The van der Waals surface area contributed by atoms with Crippen LogP contribution in [0.25, 0.3) is 0 Å². The predicted octanol–water partition coefficient (Wildman–Crippen LogP) is 2.20. The van der Waals surface area contributed by atoms with Crippen LogP contribution in [0.5, 0.6) is 5.75 Å². The van der Waals surface area contributed by atoms with E-state index in [1.165, 1.54) is 13.2 Å². The molecule has 5 nitrogen and oxygen atoms in total. The van der Waals surface area contributed by atoms with Crippen molar-refractivity contribution in [3.63, 3.8) is 0 Å². The van der Waals surface area contributed by atoms with Gasteiger partial charge in [0.1, 0.15) is 11.3 Å². The normalized spacial score (nSPS) is 17.5. The fraction of sp³-hybridized carbons (Fsp3) is 0.500. The summed E-state index contributed by atoms with van der Waals surface area (Å²) in [7, 11) is -1.95. The van der Waals surface area contributed by atoms with Gasteiger partial charge < -0.3 is 4.74 Å². The third-order valence-corrected chi connectivity index (χ3v) is 4.90. The molecule has 0 atom stereocenters. The number of benzene rings is 1. The Hall–Kier alpha value is -1.65. The lowest BCUT2D eigenvalue weighted by atomic mass is 9.88. The van der Waals surface area contributed by atoms with Crippen molar-refractivity contribution in [2.75, 3.05) is 13.4 Å². The van der Waals surface area contributed by atoms with E-state index in [0.717, 1.165) is 19.1 Å². The highest BCUT2D eigenvalue weighted by Crippen LogP contribution is 2.48. The van der Waals surface area contributed by atoms with Gasteiger partial charge in [0.2, 0.25) is 6.08 Å². The van der Waals surface area contributed by atoms with E-state index >= 15 is 0 Å². The fourth-order valence-electron chi connectivity index (χ4n) is 2.91.